The number of para-hydroxylation sites is 1. The molecule has 0 bridgehead atoms. The minimum Gasteiger partial charge on any atom is -0.465 e. The van der Waals surface area contributed by atoms with Gasteiger partial charge in [0.15, 0.2) is 5.78 Å². The first-order chi connectivity index (χ1) is 12.4. The predicted molar refractivity (Wildman–Crippen MR) is 99.6 cm³/mol. The van der Waals surface area contributed by atoms with Gasteiger partial charge in [0, 0.05) is 24.8 Å². The van der Waals surface area contributed by atoms with Crippen LogP contribution in [-0.2, 0) is 16.0 Å². The Labute approximate surface area is 152 Å². The molecular weight excluding hydrogens is 332 g/mol. The van der Waals surface area contributed by atoms with Gasteiger partial charge in [-0.05, 0) is 24.6 Å². The third-order valence-corrected chi connectivity index (χ3v) is 4.08. The highest BCUT2D eigenvalue weighted by atomic mass is 16.5. The van der Waals surface area contributed by atoms with E-state index >= 15 is 0 Å². The van der Waals surface area contributed by atoms with E-state index in [4.69, 9.17) is 4.74 Å². The zero-order valence-electron chi connectivity index (χ0n) is 15.2. The molecule has 0 aliphatic heterocycles. The second kappa shape index (κ2) is 8.29. The van der Waals surface area contributed by atoms with Crippen molar-refractivity contribution >= 4 is 23.3 Å². The van der Waals surface area contributed by atoms with Gasteiger partial charge in [-0.1, -0.05) is 24.3 Å². The number of nitrogens with zero attached hydrogens (tertiary/aromatic N) is 1. The molecule has 0 aliphatic carbocycles. The number of nitrogens with one attached hydrogen (secondary N) is 1. The molecule has 0 aliphatic rings. The number of H-pyrrole nitrogens is 1. The van der Waals surface area contributed by atoms with Crippen molar-refractivity contribution in [2.24, 2.45) is 0 Å². The van der Waals surface area contributed by atoms with E-state index < -0.39 is 5.97 Å². The molecule has 2 aromatic rings. The summed E-state index contributed by atoms with van der Waals surface area (Å²) in [6.45, 7) is 7.09. The molecule has 1 heterocycles. The molecule has 26 heavy (non-hydrogen) atoms. The number of hydrogen-bond acceptors (Lipinski definition) is 4. The summed E-state index contributed by atoms with van der Waals surface area (Å²) in [5, 5.41) is 0. The number of esters is 1. The highest BCUT2D eigenvalue weighted by Gasteiger charge is 2.26. The maximum atomic E-state index is 12.9. The number of methoxy groups -OCH3 is 1. The standard InChI is InChI=1S/C20H22N2O4/c1-5-11-22(15-9-7-6-8-10-15)17(24)12-16-18(20(25)26-4)13(2)19(21-16)14(3)23/h5-10,21H,1,11-12H2,2-4H3. The first-order valence-electron chi connectivity index (χ1n) is 8.17. The fraction of sp³-hybridized carbons (Fsp3) is 0.250. The summed E-state index contributed by atoms with van der Waals surface area (Å²) in [6, 6.07) is 9.19. The Morgan fingerprint density at radius 3 is 2.42 bits per heavy atom. The largest absolute Gasteiger partial charge is 0.465 e. The van der Waals surface area contributed by atoms with E-state index in [9.17, 15) is 14.4 Å². The topological polar surface area (TPSA) is 79.5 Å². The zero-order chi connectivity index (χ0) is 19.3. The first kappa shape index (κ1) is 19.2. The molecule has 0 fully saturated rings. The van der Waals surface area contributed by atoms with Crippen LogP contribution >= 0.6 is 0 Å². The van der Waals surface area contributed by atoms with Crippen LogP contribution in [0.4, 0.5) is 5.69 Å². The average Bonchev–Trinajstić information content (AvgIpc) is 2.96. The third-order valence-electron chi connectivity index (χ3n) is 4.08. The minimum absolute atomic E-state index is 0.0682. The van der Waals surface area contributed by atoms with Crippen LogP contribution in [0.5, 0.6) is 0 Å². The van der Waals surface area contributed by atoms with E-state index in [1.807, 2.05) is 30.3 Å². The molecule has 0 saturated carbocycles. The molecule has 0 saturated heterocycles. The number of ketones is 1. The van der Waals surface area contributed by atoms with E-state index in [2.05, 4.69) is 11.6 Å². The molecule has 0 spiro atoms. The van der Waals surface area contributed by atoms with E-state index in [1.54, 1.807) is 17.9 Å². The number of amides is 1. The second-order valence-corrected chi connectivity index (χ2v) is 5.83. The molecule has 1 amide bonds. The van der Waals surface area contributed by atoms with Gasteiger partial charge in [0.05, 0.1) is 24.8 Å². The van der Waals surface area contributed by atoms with Crippen molar-refractivity contribution in [3.8, 4) is 0 Å². The monoisotopic (exact) mass is 354 g/mol. The maximum absolute atomic E-state index is 12.9. The van der Waals surface area contributed by atoms with Crippen molar-refractivity contribution in [3.05, 3.63) is 65.5 Å². The lowest BCUT2D eigenvalue weighted by atomic mass is 10.1. The average molecular weight is 354 g/mol. The fourth-order valence-corrected chi connectivity index (χ4v) is 2.86. The molecule has 1 aromatic heterocycles. The first-order valence-corrected chi connectivity index (χ1v) is 8.17. The third kappa shape index (κ3) is 3.91. The normalized spacial score (nSPS) is 10.3. The summed E-state index contributed by atoms with van der Waals surface area (Å²) in [4.78, 5) is 41.3. The number of rotatable bonds is 7. The molecule has 0 radical (unpaired) electrons. The van der Waals surface area contributed by atoms with Crippen LogP contribution in [0.15, 0.2) is 43.0 Å². The molecule has 6 heteroatoms. The van der Waals surface area contributed by atoms with E-state index in [0.717, 1.165) is 5.69 Å². The van der Waals surface area contributed by atoms with Crippen molar-refractivity contribution < 1.29 is 19.1 Å². The molecule has 2 rings (SSSR count). The van der Waals surface area contributed by atoms with Gasteiger partial charge in [-0.2, -0.15) is 0 Å². The number of carbonyl (C=O) groups is 3. The number of hydrogen-bond donors (Lipinski definition) is 1. The lowest BCUT2D eigenvalue weighted by molar-refractivity contribution is -0.117. The Morgan fingerprint density at radius 1 is 1.23 bits per heavy atom. The van der Waals surface area contributed by atoms with Crippen LogP contribution in [0.1, 0.15) is 39.0 Å². The zero-order valence-corrected chi connectivity index (χ0v) is 15.2. The lowest BCUT2D eigenvalue weighted by Gasteiger charge is -2.21. The fourth-order valence-electron chi connectivity index (χ4n) is 2.86. The Morgan fingerprint density at radius 2 is 1.88 bits per heavy atom. The Hall–Kier alpha value is -3.15. The van der Waals surface area contributed by atoms with Crippen LogP contribution < -0.4 is 4.90 Å². The summed E-state index contributed by atoms with van der Waals surface area (Å²) in [7, 11) is 1.27. The van der Waals surface area contributed by atoms with Gasteiger partial charge in [-0.3, -0.25) is 9.59 Å². The number of benzene rings is 1. The van der Waals surface area contributed by atoms with E-state index in [-0.39, 0.29) is 23.7 Å². The number of ether oxygens (including phenoxy) is 1. The lowest BCUT2D eigenvalue weighted by Crippen LogP contribution is -2.32. The van der Waals surface area contributed by atoms with Crippen LogP contribution in [0, 0.1) is 6.92 Å². The van der Waals surface area contributed by atoms with Gasteiger partial charge in [0.1, 0.15) is 0 Å². The Kier molecular flexibility index (Phi) is 6.11. The minimum atomic E-state index is -0.580. The van der Waals surface area contributed by atoms with Crippen molar-refractivity contribution in [1.82, 2.24) is 4.98 Å². The molecule has 1 aromatic carbocycles. The Balaban J connectivity index is 2.40. The maximum Gasteiger partial charge on any atom is 0.339 e. The van der Waals surface area contributed by atoms with Crippen LogP contribution in [0.2, 0.25) is 0 Å². The highest BCUT2D eigenvalue weighted by Crippen LogP contribution is 2.22. The predicted octanol–water partition coefficient (Wildman–Crippen LogP) is 3.07. The van der Waals surface area contributed by atoms with Crippen molar-refractivity contribution in [2.75, 3.05) is 18.6 Å². The van der Waals surface area contributed by atoms with E-state index in [0.29, 0.717) is 23.5 Å². The van der Waals surface area contributed by atoms with Crippen molar-refractivity contribution in [1.29, 1.82) is 0 Å². The molecule has 0 atom stereocenters. The number of aromatic nitrogens is 1. The number of aromatic amines is 1. The van der Waals surface area contributed by atoms with Gasteiger partial charge >= 0.3 is 5.97 Å². The van der Waals surface area contributed by atoms with Gasteiger partial charge in [0.25, 0.3) is 0 Å². The van der Waals surface area contributed by atoms with Gasteiger partial charge < -0.3 is 14.6 Å². The van der Waals surface area contributed by atoms with Gasteiger partial charge in [-0.25, -0.2) is 4.79 Å². The molecule has 0 unspecified atom stereocenters. The van der Waals surface area contributed by atoms with Gasteiger partial charge in [0.2, 0.25) is 5.91 Å². The van der Waals surface area contributed by atoms with Gasteiger partial charge in [-0.15, -0.1) is 6.58 Å². The van der Waals surface area contributed by atoms with Crippen LogP contribution in [-0.4, -0.2) is 36.3 Å². The number of anilines is 1. The number of carbonyl (C=O) groups excluding carboxylic acids is 3. The second-order valence-electron chi connectivity index (χ2n) is 5.83. The molecular formula is C20H22N2O4. The summed E-state index contributed by atoms with van der Waals surface area (Å²) in [5.41, 5.74) is 2.13. The molecule has 136 valence electrons. The van der Waals surface area contributed by atoms with Crippen LogP contribution in [0.3, 0.4) is 0 Å². The number of Topliss-reactive ketones (excluding diaryl/α,β-unsaturated/α-hetero) is 1. The van der Waals surface area contributed by atoms with E-state index in [1.165, 1.54) is 14.0 Å². The van der Waals surface area contributed by atoms with Crippen molar-refractivity contribution in [3.63, 3.8) is 0 Å². The summed E-state index contributed by atoms with van der Waals surface area (Å²) in [5.74, 6) is -1.01. The quantitative estimate of drug-likeness (QED) is 0.471. The Bertz CT molecular complexity index is 837. The highest BCUT2D eigenvalue weighted by molar-refractivity contribution is 6.02. The molecule has 6 nitrogen and oxygen atoms in total. The smallest absolute Gasteiger partial charge is 0.339 e. The van der Waals surface area contributed by atoms with Crippen molar-refractivity contribution in [2.45, 2.75) is 20.3 Å². The summed E-state index contributed by atoms with van der Waals surface area (Å²) < 4.78 is 4.81. The molecule has 1 N–H and O–H groups in total. The summed E-state index contributed by atoms with van der Waals surface area (Å²) >= 11 is 0. The summed E-state index contributed by atoms with van der Waals surface area (Å²) in [6.07, 6.45) is 1.56. The van der Waals surface area contributed by atoms with Crippen LogP contribution in [0.25, 0.3) is 0 Å². The SMILES string of the molecule is C=CCN(C(=O)Cc1[nH]c(C(C)=O)c(C)c1C(=O)OC)c1ccccc1.